The fraction of sp³-hybridized carbons (Fsp3) is 0.548. The van der Waals surface area contributed by atoms with Gasteiger partial charge >= 0.3 is 12.1 Å². The van der Waals surface area contributed by atoms with E-state index in [0.717, 1.165) is 5.56 Å². The van der Waals surface area contributed by atoms with Gasteiger partial charge in [-0.05, 0) is 82.9 Å². The first-order valence-corrected chi connectivity index (χ1v) is 16.5. The van der Waals surface area contributed by atoms with Gasteiger partial charge in [0.05, 0.1) is 0 Å². The molecule has 0 aliphatic rings. The minimum atomic E-state index is -2.32. The zero-order valence-corrected chi connectivity index (χ0v) is 26.9. The molecule has 0 saturated carbocycles. The summed E-state index contributed by atoms with van der Waals surface area (Å²) in [5.74, 6) is 0.181. The van der Waals surface area contributed by atoms with Crippen LogP contribution < -0.4 is 14.5 Å². The van der Waals surface area contributed by atoms with Gasteiger partial charge in [0.1, 0.15) is 29.7 Å². The number of benzene rings is 2. The molecule has 0 saturated heterocycles. The SMILES string of the molecule is CC(C)(C)OC(=O)N[C@H](C(=O)OC(C)(C)C)[C@@H](O)c1ccc(OCc2ccccc2)c(O[Si](C)(C)C(C)(C)C)c1. The maximum Gasteiger partial charge on any atom is 0.408 e. The zero-order chi connectivity index (χ0) is 30.5. The summed E-state index contributed by atoms with van der Waals surface area (Å²) in [5, 5.41) is 13.8. The Balaban J connectivity index is 2.48. The molecule has 40 heavy (non-hydrogen) atoms. The van der Waals surface area contributed by atoms with Crippen LogP contribution in [0.3, 0.4) is 0 Å². The van der Waals surface area contributed by atoms with E-state index < -0.39 is 43.7 Å². The predicted molar refractivity (Wildman–Crippen MR) is 159 cm³/mol. The Hall–Kier alpha value is -3.04. The van der Waals surface area contributed by atoms with E-state index in [1.165, 1.54) is 0 Å². The van der Waals surface area contributed by atoms with Crippen molar-refractivity contribution in [2.75, 3.05) is 0 Å². The summed E-state index contributed by atoms with van der Waals surface area (Å²) in [7, 11) is -2.32. The van der Waals surface area contributed by atoms with E-state index in [9.17, 15) is 14.7 Å². The van der Waals surface area contributed by atoms with Crippen molar-refractivity contribution in [2.24, 2.45) is 0 Å². The van der Waals surface area contributed by atoms with Crippen LogP contribution in [0.25, 0.3) is 0 Å². The lowest BCUT2D eigenvalue weighted by Gasteiger charge is -2.37. The van der Waals surface area contributed by atoms with Gasteiger partial charge in [0.2, 0.25) is 0 Å². The highest BCUT2D eigenvalue weighted by Gasteiger charge is 2.40. The Bertz CT molecular complexity index is 1140. The van der Waals surface area contributed by atoms with Crippen molar-refractivity contribution in [3.05, 3.63) is 59.7 Å². The Morgan fingerprint density at radius 1 is 0.850 bits per heavy atom. The molecule has 8 nitrogen and oxygen atoms in total. The van der Waals surface area contributed by atoms with Gasteiger partial charge in [0.15, 0.2) is 11.8 Å². The summed E-state index contributed by atoms with van der Waals surface area (Å²) >= 11 is 0. The molecule has 0 aliphatic carbocycles. The first-order valence-electron chi connectivity index (χ1n) is 13.6. The molecule has 2 atom stereocenters. The van der Waals surface area contributed by atoms with Crippen LogP contribution >= 0.6 is 0 Å². The van der Waals surface area contributed by atoms with Gasteiger partial charge in [-0.3, -0.25) is 0 Å². The Labute approximate surface area is 240 Å². The van der Waals surface area contributed by atoms with E-state index in [1.807, 2.05) is 30.3 Å². The summed E-state index contributed by atoms with van der Waals surface area (Å²) in [6, 6.07) is 13.4. The molecular weight excluding hydrogens is 526 g/mol. The van der Waals surface area contributed by atoms with E-state index in [2.05, 4.69) is 39.2 Å². The van der Waals surface area contributed by atoms with E-state index in [-0.39, 0.29) is 5.04 Å². The number of aliphatic hydroxyl groups is 1. The van der Waals surface area contributed by atoms with Crippen LogP contribution in [0.2, 0.25) is 18.1 Å². The molecule has 0 spiro atoms. The summed E-state index contributed by atoms with van der Waals surface area (Å²) in [4.78, 5) is 25.8. The van der Waals surface area contributed by atoms with Gasteiger partial charge in [-0.25, -0.2) is 9.59 Å². The van der Waals surface area contributed by atoms with Crippen molar-refractivity contribution >= 4 is 20.4 Å². The molecule has 2 N–H and O–H groups in total. The maximum atomic E-state index is 13.1. The minimum Gasteiger partial charge on any atom is -0.541 e. The molecule has 9 heteroatoms. The van der Waals surface area contributed by atoms with Gasteiger partial charge in [0, 0.05) is 0 Å². The molecule has 0 heterocycles. The molecule has 2 aromatic carbocycles. The summed E-state index contributed by atoms with van der Waals surface area (Å²) < 4.78 is 23.6. The van der Waals surface area contributed by atoms with Crippen molar-refractivity contribution in [3.63, 3.8) is 0 Å². The third-order valence-electron chi connectivity index (χ3n) is 6.37. The van der Waals surface area contributed by atoms with Gasteiger partial charge in [-0.1, -0.05) is 57.2 Å². The van der Waals surface area contributed by atoms with Crippen LogP contribution in [0, 0.1) is 0 Å². The first kappa shape index (κ1) is 33.2. The predicted octanol–water partition coefficient (Wildman–Crippen LogP) is 6.92. The number of carbonyl (C=O) groups is 2. The Morgan fingerprint density at radius 3 is 1.95 bits per heavy atom. The molecule has 0 radical (unpaired) electrons. The van der Waals surface area contributed by atoms with Crippen LogP contribution in [-0.4, -0.2) is 42.7 Å². The molecule has 0 bridgehead atoms. The second-order valence-corrected chi connectivity index (χ2v) is 18.2. The summed E-state index contributed by atoms with van der Waals surface area (Å²) in [6.45, 7) is 21.2. The average Bonchev–Trinajstić information content (AvgIpc) is 2.78. The Kier molecular flexibility index (Phi) is 10.5. The van der Waals surface area contributed by atoms with Crippen LogP contribution in [0.4, 0.5) is 4.79 Å². The van der Waals surface area contributed by atoms with Crippen LogP contribution in [0.15, 0.2) is 48.5 Å². The Morgan fingerprint density at radius 2 is 1.43 bits per heavy atom. The van der Waals surface area contributed by atoms with Gasteiger partial charge in [-0.2, -0.15) is 0 Å². The lowest BCUT2D eigenvalue weighted by molar-refractivity contribution is -0.160. The number of carbonyl (C=O) groups excluding carboxylic acids is 2. The van der Waals surface area contributed by atoms with Crippen molar-refractivity contribution < 1.29 is 33.3 Å². The fourth-order valence-corrected chi connectivity index (χ4v) is 4.35. The number of amides is 1. The molecule has 222 valence electrons. The third-order valence-corrected chi connectivity index (χ3v) is 10.7. The topological polar surface area (TPSA) is 103 Å². The first-order chi connectivity index (χ1) is 18.2. The number of aliphatic hydroxyl groups excluding tert-OH is 1. The van der Waals surface area contributed by atoms with E-state index in [1.54, 1.807) is 59.7 Å². The quantitative estimate of drug-likeness (QED) is 0.248. The van der Waals surface area contributed by atoms with Gasteiger partial charge < -0.3 is 29.1 Å². The average molecular weight is 574 g/mol. The molecule has 1 amide bonds. The highest BCUT2D eigenvalue weighted by molar-refractivity contribution is 6.74. The number of hydrogen-bond donors (Lipinski definition) is 2. The second-order valence-electron chi connectivity index (χ2n) is 13.4. The highest BCUT2D eigenvalue weighted by Crippen LogP contribution is 2.41. The summed E-state index contributed by atoms with van der Waals surface area (Å²) in [5.41, 5.74) is -0.282. The fourth-order valence-electron chi connectivity index (χ4n) is 3.33. The lowest BCUT2D eigenvalue weighted by atomic mass is 10.0. The smallest absolute Gasteiger partial charge is 0.408 e. The standard InChI is InChI=1S/C31H47NO7Si/c1-29(2,3)37-27(34)25(32-28(35)38-30(4,5)6)26(33)22-17-18-23(36-20-21-15-13-12-14-16-21)24(19-22)39-40(10,11)31(7,8)9/h12-19,25-26,33H,20H2,1-11H3,(H,32,35)/t25-,26-/m0/s1. The van der Waals surface area contributed by atoms with Crippen molar-refractivity contribution in [3.8, 4) is 11.5 Å². The highest BCUT2D eigenvalue weighted by atomic mass is 28.4. The molecular formula is C31H47NO7Si. The third kappa shape index (κ3) is 10.2. The van der Waals surface area contributed by atoms with E-state index in [4.69, 9.17) is 18.6 Å². The second kappa shape index (κ2) is 12.6. The van der Waals surface area contributed by atoms with Gasteiger partial charge in [0.25, 0.3) is 8.32 Å². The number of esters is 1. The maximum absolute atomic E-state index is 13.1. The number of alkyl carbamates (subject to hydrolysis) is 1. The number of nitrogens with one attached hydrogen (secondary N) is 1. The van der Waals surface area contributed by atoms with Crippen molar-refractivity contribution in [2.45, 2.75) is 110 Å². The van der Waals surface area contributed by atoms with Crippen LogP contribution in [0.5, 0.6) is 11.5 Å². The molecule has 0 aromatic heterocycles. The number of rotatable bonds is 9. The van der Waals surface area contributed by atoms with E-state index >= 15 is 0 Å². The largest absolute Gasteiger partial charge is 0.541 e. The minimum absolute atomic E-state index is 0.102. The molecule has 0 fully saturated rings. The monoisotopic (exact) mass is 573 g/mol. The van der Waals surface area contributed by atoms with Crippen molar-refractivity contribution in [1.29, 1.82) is 0 Å². The molecule has 0 unspecified atom stereocenters. The molecule has 0 aliphatic heterocycles. The van der Waals surface area contributed by atoms with E-state index in [0.29, 0.717) is 23.7 Å². The van der Waals surface area contributed by atoms with Gasteiger partial charge in [-0.15, -0.1) is 0 Å². The lowest BCUT2D eigenvalue weighted by Crippen LogP contribution is -2.49. The zero-order valence-electron chi connectivity index (χ0n) is 25.9. The molecule has 2 aromatic rings. The number of hydrogen-bond acceptors (Lipinski definition) is 7. The molecule has 2 rings (SSSR count). The summed E-state index contributed by atoms with van der Waals surface area (Å²) in [6.07, 6.45) is -2.30. The number of ether oxygens (including phenoxy) is 3. The normalized spacial score (nSPS) is 14.1. The van der Waals surface area contributed by atoms with Crippen LogP contribution in [0.1, 0.15) is 79.5 Å². The van der Waals surface area contributed by atoms with Crippen molar-refractivity contribution in [1.82, 2.24) is 5.32 Å². The van der Waals surface area contributed by atoms with Crippen LogP contribution in [-0.2, 0) is 20.9 Å².